The Hall–Kier alpha value is -1.89. The second kappa shape index (κ2) is 4.17. The van der Waals surface area contributed by atoms with E-state index < -0.39 is 11.5 Å². The minimum absolute atomic E-state index is 0.239. The van der Waals surface area contributed by atoms with Gasteiger partial charge in [-0.15, -0.1) is 0 Å². The SMILES string of the molecule is COc1cc(N2CCC(N)(C(=O)O)C2)ncn1. The molecule has 1 saturated heterocycles. The molecule has 0 radical (unpaired) electrons. The predicted octanol–water partition coefficient (Wildman–Crippen LogP) is -0.523. The highest BCUT2D eigenvalue weighted by Crippen LogP contribution is 2.25. The number of aliphatic carboxylic acids is 1. The number of ether oxygens (including phenoxy) is 1. The molecule has 1 unspecified atom stereocenters. The molecule has 0 aromatic carbocycles. The number of aromatic nitrogens is 2. The smallest absolute Gasteiger partial charge is 0.325 e. The average Bonchev–Trinajstić information content (AvgIpc) is 2.74. The van der Waals surface area contributed by atoms with E-state index in [-0.39, 0.29) is 6.54 Å². The zero-order chi connectivity index (χ0) is 12.5. The molecule has 0 amide bonds. The lowest BCUT2D eigenvalue weighted by Gasteiger charge is -2.20. The van der Waals surface area contributed by atoms with Gasteiger partial charge in [-0.1, -0.05) is 0 Å². The first-order valence-electron chi connectivity index (χ1n) is 5.18. The molecular formula is C10H14N4O3. The second-order valence-corrected chi connectivity index (χ2v) is 4.05. The van der Waals surface area contributed by atoms with Gasteiger partial charge in [0.1, 0.15) is 17.7 Å². The van der Waals surface area contributed by atoms with Gasteiger partial charge in [-0.25, -0.2) is 9.97 Å². The summed E-state index contributed by atoms with van der Waals surface area (Å²) < 4.78 is 4.99. The quantitative estimate of drug-likeness (QED) is 0.730. The van der Waals surface area contributed by atoms with Crippen molar-refractivity contribution in [3.63, 3.8) is 0 Å². The van der Waals surface area contributed by atoms with Gasteiger partial charge < -0.3 is 20.5 Å². The van der Waals surface area contributed by atoms with Crippen molar-refractivity contribution in [2.45, 2.75) is 12.0 Å². The Labute approximate surface area is 98.2 Å². The van der Waals surface area contributed by atoms with E-state index in [0.29, 0.717) is 24.7 Å². The summed E-state index contributed by atoms with van der Waals surface area (Å²) in [7, 11) is 1.51. The third kappa shape index (κ3) is 2.14. The first-order chi connectivity index (χ1) is 8.05. The molecule has 0 bridgehead atoms. The number of carbonyl (C=O) groups is 1. The molecule has 7 heteroatoms. The van der Waals surface area contributed by atoms with E-state index in [4.69, 9.17) is 15.6 Å². The zero-order valence-electron chi connectivity index (χ0n) is 9.46. The Balaban J connectivity index is 2.17. The van der Waals surface area contributed by atoms with Gasteiger partial charge >= 0.3 is 5.97 Å². The second-order valence-electron chi connectivity index (χ2n) is 4.05. The van der Waals surface area contributed by atoms with Crippen LogP contribution in [0, 0.1) is 0 Å². The van der Waals surface area contributed by atoms with E-state index in [1.807, 2.05) is 4.90 Å². The van der Waals surface area contributed by atoms with Crippen LogP contribution < -0.4 is 15.4 Å². The summed E-state index contributed by atoms with van der Waals surface area (Å²) in [6, 6.07) is 1.66. The first-order valence-corrected chi connectivity index (χ1v) is 5.18. The van der Waals surface area contributed by atoms with Crippen LogP contribution in [-0.2, 0) is 4.79 Å². The minimum atomic E-state index is -1.20. The minimum Gasteiger partial charge on any atom is -0.481 e. The Bertz CT molecular complexity index is 439. The molecule has 1 aromatic heterocycles. The Morgan fingerprint density at radius 2 is 2.41 bits per heavy atom. The van der Waals surface area contributed by atoms with Crippen molar-refractivity contribution >= 4 is 11.8 Å². The number of anilines is 1. The lowest BCUT2D eigenvalue weighted by atomic mass is 10.0. The van der Waals surface area contributed by atoms with Gasteiger partial charge in [-0.05, 0) is 6.42 Å². The summed E-state index contributed by atoms with van der Waals surface area (Å²) >= 11 is 0. The van der Waals surface area contributed by atoms with Crippen LogP contribution in [0.4, 0.5) is 5.82 Å². The summed E-state index contributed by atoms with van der Waals surface area (Å²) in [6.07, 6.45) is 1.78. The highest BCUT2D eigenvalue weighted by molar-refractivity contribution is 5.80. The van der Waals surface area contributed by atoms with E-state index >= 15 is 0 Å². The summed E-state index contributed by atoms with van der Waals surface area (Å²) in [5, 5.41) is 9.03. The van der Waals surface area contributed by atoms with E-state index in [0.717, 1.165) is 0 Å². The molecule has 2 rings (SSSR count). The molecule has 1 aliphatic heterocycles. The fourth-order valence-electron chi connectivity index (χ4n) is 1.82. The van der Waals surface area contributed by atoms with E-state index in [2.05, 4.69) is 9.97 Å². The van der Waals surface area contributed by atoms with Crippen LogP contribution in [0.3, 0.4) is 0 Å². The van der Waals surface area contributed by atoms with Crippen LogP contribution in [0.1, 0.15) is 6.42 Å². The largest absolute Gasteiger partial charge is 0.481 e. The number of carboxylic acid groups (broad SMARTS) is 1. The standard InChI is InChI=1S/C10H14N4O3/c1-17-8-4-7(12-6-13-8)14-3-2-10(11,5-14)9(15)16/h4,6H,2-3,5,11H2,1H3,(H,15,16). The average molecular weight is 238 g/mol. The van der Waals surface area contributed by atoms with Crippen molar-refractivity contribution in [3.05, 3.63) is 12.4 Å². The van der Waals surface area contributed by atoms with E-state index in [9.17, 15) is 4.79 Å². The monoisotopic (exact) mass is 238 g/mol. The number of nitrogens with two attached hydrogens (primary N) is 1. The maximum atomic E-state index is 11.0. The number of hydrogen-bond acceptors (Lipinski definition) is 6. The first kappa shape index (κ1) is 11.6. The number of hydrogen-bond donors (Lipinski definition) is 2. The van der Waals surface area contributed by atoms with Crippen molar-refractivity contribution in [2.75, 3.05) is 25.1 Å². The Kier molecular flexibility index (Phi) is 2.84. The molecule has 0 aliphatic carbocycles. The van der Waals surface area contributed by atoms with E-state index in [1.54, 1.807) is 6.07 Å². The maximum absolute atomic E-state index is 11.0. The predicted molar refractivity (Wildman–Crippen MR) is 60.0 cm³/mol. The fourth-order valence-corrected chi connectivity index (χ4v) is 1.82. The number of rotatable bonds is 3. The highest BCUT2D eigenvalue weighted by Gasteiger charge is 2.41. The molecule has 0 spiro atoms. The maximum Gasteiger partial charge on any atom is 0.325 e. The van der Waals surface area contributed by atoms with Crippen molar-refractivity contribution in [1.29, 1.82) is 0 Å². The molecular weight excluding hydrogens is 224 g/mol. The summed E-state index contributed by atoms with van der Waals surface area (Å²) in [5.41, 5.74) is 4.59. The third-order valence-corrected chi connectivity index (χ3v) is 2.89. The molecule has 2 heterocycles. The number of methoxy groups -OCH3 is 1. The Morgan fingerprint density at radius 1 is 1.65 bits per heavy atom. The molecule has 17 heavy (non-hydrogen) atoms. The molecule has 92 valence electrons. The molecule has 1 fully saturated rings. The lowest BCUT2D eigenvalue weighted by Crippen LogP contribution is -2.50. The molecule has 1 aromatic rings. The molecule has 3 N–H and O–H groups in total. The Morgan fingerprint density at radius 3 is 3.00 bits per heavy atom. The van der Waals surface area contributed by atoms with Crippen molar-refractivity contribution in [1.82, 2.24) is 9.97 Å². The molecule has 1 aliphatic rings. The highest BCUT2D eigenvalue weighted by atomic mass is 16.5. The van der Waals surface area contributed by atoms with Gasteiger partial charge in [-0.3, -0.25) is 4.79 Å². The fraction of sp³-hybridized carbons (Fsp3) is 0.500. The lowest BCUT2D eigenvalue weighted by molar-refractivity contribution is -0.142. The van der Waals surface area contributed by atoms with Crippen LogP contribution in [0.5, 0.6) is 5.88 Å². The third-order valence-electron chi connectivity index (χ3n) is 2.89. The van der Waals surface area contributed by atoms with Gasteiger partial charge in [0.25, 0.3) is 0 Å². The topological polar surface area (TPSA) is 102 Å². The zero-order valence-corrected chi connectivity index (χ0v) is 9.46. The van der Waals surface area contributed by atoms with E-state index in [1.165, 1.54) is 13.4 Å². The van der Waals surface area contributed by atoms with Crippen molar-refractivity contribution < 1.29 is 14.6 Å². The number of carboxylic acids is 1. The van der Waals surface area contributed by atoms with Crippen LogP contribution in [0.25, 0.3) is 0 Å². The van der Waals surface area contributed by atoms with Crippen molar-refractivity contribution in [3.8, 4) is 5.88 Å². The summed E-state index contributed by atoms with van der Waals surface area (Å²) in [6.45, 7) is 0.797. The van der Waals surface area contributed by atoms with Gasteiger partial charge in [-0.2, -0.15) is 0 Å². The number of nitrogens with zero attached hydrogens (tertiary/aromatic N) is 3. The van der Waals surface area contributed by atoms with Gasteiger partial charge in [0.15, 0.2) is 0 Å². The van der Waals surface area contributed by atoms with Gasteiger partial charge in [0, 0.05) is 19.2 Å². The van der Waals surface area contributed by atoms with Crippen molar-refractivity contribution in [2.24, 2.45) is 5.73 Å². The molecule has 0 saturated carbocycles. The molecule has 7 nitrogen and oxygen atoms in total. The summed E-state index contributed by atoms with van der Waals surface area (Å²) in [5.74, 6) is 0.0892. The molecule has 1 atom stereocenters. The summed E-state index contributed by atoms with van der Waals surface area (Å²) in [4.78, 5) is 20.8. The van der Waals surface area contributed by atoms with Crippen LogP contribution >= 0.6 is 0 Å². The normalized spacial score (nSPS) is 23.8. The van der Waals surface area contributed by atoms with Crippen LogP contribution in [0.2, 0.25) is 0 Å². The van der Waals surface area contributed by atoms with Crippen LogP contribution in [0.15, 0.2) is 12.4 Å². The van der Waals surface area contributed by atoms with Gasteiger partial charge in [0.05, 0.1) is 7.11 Å². The van der Waals surface area contributed by atoms with Gasteiger partial charge in [0.2, 0.25) is 5.88 Å². The van der Waals surface area contributed by atoms with Crippen LogP contribution in [-0.4, -0.2) is 46.8 Å².